The molecule has 1 aliphatic carbocycles. The van der Waals surface area contributed by atoms with E-state index in [0.29, 0.717) is 17.1 Å². The van der Waals surface area contributed by atoms with Crippen LogP contribution in [0.15, 0.2) is 97.2 Å². The number of carbonyl (C=O) groups is 1. The summed E-state index contributed by atoms with van der Waals surface area (Å²) in [6, 6.07) is 30.1. The van der Waals surface area contributed by atoms with Gasteiger partial charge in [-0.1, -0.05) is 66.7 Å². The van der Waals surface area contributed by atoms with Crippen molar-refractivity contribution in [1.82, 2.24) is 4.98 Å². The first-order chi connectivity index (χ1) is 17.1. The highest BCUT2D eigenvalue weighted by molar-refractivity contribution is 5.94. The average Bonchev–Trinajstić information content (AvgIpc) is 3.18. The fourth-order valence-electron chi connectivity index (χ4n) is 4.90. The number of carboxylic acids is 1. The fraction of sp³-hybridized carbons (Fsp3) is 0.0667. The fourth-order valence-corrected chi connectivity index (χ4v) is 4.90. The van der Waals surface area contributed by atoms with Crippen LogP contribution in [0.1, 0.15) is 22.8 Å². The van der Waals surface area contributed by atoms with Crippen molar-refractivity contribution < 1.29 is 14.6 Å². The van der Waals surface area contributed by atoms with Crippen LogP contribution in [0.4, 0.5) is 5.82 Å². The molecule has 6 rings (SSSR count). The van der Waals surface area contributed by atoms with Gasteiger partial charge in [0.25, 0.3) is 0 Å². The maximum Gasteiger partial charge on any atom is 0.307 e. The number of ether oxygens (including phenoxy) is 1. The molecule has 5 nitrogen and oxygen atoms in total. The first kappa shape index (κ1) is 20.9. The first-order valence-electron chi connectivity index (χ1n) is 11.4. The number of hydrogen-bond donors (Lipinski definition) is 2. The van der Waals surface area contributed by atoms with Gasteiger partial charge in [-0.2, -0.15) is 0 Å². The molecule has 35 heavy (non-hydrogen) atoms. The summed E-state index contributed by atoms with van der Waals surface area (Å²) in [4.78, 5) is 15.6. The van der Waals surface area contributed by atoms with Crippen LogP contribution in [-0.2, 0) is 11.2 Å². The summed E-state index contributed by atoms with van der Waals surface area (Å²) in [5.74, 6) is 0.201. The predicted octanol–water partition coefficient (Wildman–Crippen LogP) is 6.26. The Bertz CT molecular complexity index is 1610. The Balaban J connectivity index is 1.46. The van der Waals surface area contributed by atoms with Gasteiger partial charge in [-0.05, 0) is 51.9 Å². The van der Waals surface area contributed by atoms with Crippen molar-refractivity contribution in [3.63, 3.8) is 0 Å². The van der Waals surface area contributed by atoms with Gasteiger partial charge in [0.2, 0.25) is 0 Å². The number of anilines is 1. The van der Waals surface area contributed by atoms with E-state index in [1.807, 2.05) is 36.4 Å². The third-order valence-corrected chi connectivity index (χ3v) is 6.56. The second-order valence-corrected chi connectivity index (χ2v) is 8.70. The lowest BCUT2D eigenvalue weighted by molar-refractivity contribution is -0.136. The quantitative estimate of drug-likeness (QED) is 0.325. The highest BCUT2D eigenvalue weighted by Crippen LogP contribution is 2.47. The third kappa shape index (κ3) is 3.67. The molecule has 5 heteroatoms. The molecule has 5 aromatic rings. The summed E-state index contributed by atoms with van der Waals surface area (Å²) < 4.78 is 6.55. The molecule has 0 bridgehead atoms. The molecule has 1 aliphatic rings. The highest BCUT2D eigenvalue weighted by Gasteiger charge is 2.31. The lowest BCUT2D eigenvalue weighted by Gasteiger charge is -2.19. The Hall–Kier alpha value is -4.64. The molecule has 0 aliphatic heterocycles. The minimum absolute atomic E-state index is 0.0933. The van der Waals surface area contributed by atoms with Crippen molar-refractivity contribution in [2.45, 2.75) is 12.5 Å². The van der Waals surface area contributed by atoms with E-state index in [1.54, 1.807) is 12.3 Å². The minimum atomic E-state index is -0.888. The van der Waals surface area contributed by atoms with E-state index < -0.39 is 5.97 Å². The average molecular weight is 459 g/mol. The Labute approximate surface area is 202 Å². The van der Waals surface area contributed by atoms with Crippen LogP contribution in [0.2, 0.25) is 0 Å². The number of rotatable bonds is 5. The molecule has 0 saturated carbocycles. The lowest BCUT2D eigenvalue weighted by atomic mass is 9.97. The third-order valence-electron chi connectivity index (χ3n) is 6.56. The van der Waals surface area contributed by atoms with Gasteiger partial charge < -0.3 is 15.6 Å². The van der Waals surface area contributed by atoms with Gasteiger partial charge in [-0.3, -0.25) is 4.79 Å². The SMILES string of the molecule is Nc1nccc2ccc(-c3ccc4c(c3)C(Oc3ccccc3CC(=O)O)c3ccccc3-4)cc12. The number of carboxylic acid groups (broad SMARTS) is 1. The summed E-state index contributed by atoms with van der Waals surface area (Å²) in [5, 5.41) is 11.3. The van der Waals surface area contributed by atoms with Crippen molar-refractivity contribution in [3.8, 4) is 28.0 Å². The molecule has 0 amide bonds. The van der Waals surface area contributed by atoms with Crippen molar-refractivity contribution in [2.24, 2.45) is 0 Å². The van der Waals surface area contributed by atoms with E-state index >= 15 is 0 Å². The van der Waals surface area contributed by atoms with Crippen LogP contribution in [0.3, 0.4) is 0 Å². The van der Waals surface area contributed by atoms with Gasteiger partial charge in [-0.15, -0.1) is 0 Å². The topological polar surface area (TPSA) is 85.4 Å². The molecule has 170 valence electrons. The second-order valence-electron chi connectivity index (χ2n) is 8.70. The van der Waals surface area contributed by atoms with Crippen LogP contribution in [-0.4, -0.2) is 16.1 Å². The van der Waals surface area contributed by atoms with E-state index in [4.69, 9.17) is 10.5 Å². The van der Waals surface area contributed by atoms with E-state index in [0.717, 1.165) is 44.2 Å². The minimum Gasteiger partial charge on any atom is -0.481 e. The molecule has 0 radical (unpaired) electrons. The molecule has 3 N–H and O–H groups in total. The number of aliphatic carboxylic acids is 1. The summed E-state index contributed by atoms with van der Waals surface area (Å²) >= 11 is 0. The van der Waals surface area contributed by atoms with Crippen molar-refractivity contribution in [3.05, 3.63) is 114 Å². The zero-order valence-corrected chi connectivity index (χ0v) is 18.8. The van der Waals surface area contributed by atoms with E-state index in [9.17, 15) is 9.90 Å². The smallest absolute Gasteiger partial charge is 0.307 e. The molecule has 1 atom stereocenters. The van der Waals surface area contributed by atoms with E-state index in [-0.39, 0.29) is 12.5 Å². The van der Waals surface area contributed by atoms with E-state index in [1.165, 1.54) is 0 Å². The maximum absolute atomic E-state index is 11.4. The molecule has 0 spiro atoms. The van der Waals surface area contributed by atoms with Crippen LogP contribution in [0.5, 0.6) is 5.75 Å². The molecule has 0 saturated heterocycles. The molecule has 1 unspecified atom stereocenters. The molecule has 4 aromatic carbocycles. The number of aromatic nitrogens is 1. The molecule has 1 aromatic heterocycles. The van der Waals surface area contributed by atoms with Crippen LogP contribution < -0.4 is 10.5 Å². The number of nitrogens with two attached hydrogens (primary N) is 1. The highest BCUT2D eigenvalue weighted by atomic mass is 16.5. The molecule has 0 fully saturated rings. The summed E-state index contributed by atoms with van der Waals surface area (Å²) in [5.41, 5.74) is 13.2. The van der Waals surface area contributed by atoms with Crippen molar-refractivity contribution >= 4 is 22.6 Å². The van der Waals surface area contributed by atoms with E-state index in [2.05, 4.69) is 53.5 Å². The molecular formula is C30H22N2O3. The normalized spacial score (nSPS) is 13.9. The van der Waals surface area contributed by atoms with Crippen molar-refractivity contribution in [1.29, 1.82) is 0 Å². The standard InChI is InChI=1S/C30H22N2O3/c31-30-25-15-19(10-9-18(25)13-14-32-30)20-11-12-23-22-6-2-3-7-24(22)29(26(23)16-20)35-27-8-4-1-5-21(27)17-28(33)34/h1-16,29H,17H2,(H2,31,32)(H,33,34). The number of benzene rings is 4. The predicted molar refractivity (Wildman–Crippen MR) is 137 cm³/mol. The van der Waals surface area contributed by atoms with Gasteiger partial charge in [0.05, 0.1) is 6.42 Å². The van der Waals surface area contributed by atoms with Crippen LogP contribution in [0.25, 0.3) is 33.0 Å². The Morgan fingerprint density at radius 2 is 1.60 bits per heavy atom. The number of hydrogen-bond acceptors (Lipinski definition) is 4. The monoisotopic (exact) mass is 458 g/mol. The number of para-hydroxylation sites is 1. The summed E-state index contributed by atoms with van der Waals surface area (Å²) in [6.45, 7) is 0. The Kier molecular flexibility index (Phi) is 4.96. The number of nitrogens with zero attached hydrogens (tertiary/aromatic N) is 1. The molecular weight excluding hydrogens is 436 g/mol. The Morgan fingerprint density at radius 1 is 0.857 bits per heavy atom. The Morgan fingerprint density at radius 3 is 2.49 bits per heavy atom. The zero-order chi connectivity index (χ0) is 23.9. The van der Waals surface area contributed by atoms with Gasteiger partial charge in [0.1, 0.15) is 11.6 Å². The first-order valence-corrected chi connectivity index (χ1v) is 11.4. The second kappa shape index (κ2) is 8.29. The molecule has 1 heterocycles. The van der Waals surface area contributed by atoms with Gasteiger partial charge in [0, 0.05) is 28.3 Å². The van der Waals surface area contributed by atoms with Crippen LogP contribution >= 0.6 is 0 Å². The summed E-state index contributed by atoms with van der Waals surface area (Å²) in [6.07, 6.45) is 1.28. The van der Waals surface area contributed by atoms with Gasteiger partial charge in [0.15, 0.2) is 6.10 Å². The zero-order valence-electron chi connectivity index (χ0n) is 18.8. The number of pyridine rings is 1. The van der Waals surface area contributed by atoms with Crippen molar-refractivity contribution in [2.75, 3.05) is 5.73 Å². The maximum atomic E-state index is 11.4. The van der Waals surface area contributed by atoms with Gasteiger partial charge in [-0.25, -0.2) is 4.98 Å². The van der Waals surface area contributed by atoms with Gasteiger partial charge >= 0.3 is 5.97 Å². The lowest BCUT2D eigenvalue weighted by Crippen LogP contribution is -2.09. The number of nitrogen functional groups attached to an aromatic ring is 1. The largest absolute Gasteiger partial charge is 0.481 e. The number of fused-ring (bicyclic) bond motifs is 4. The van der Waals surface area contributed by atoms with Crippen LogP contribution in [0, 0.1) is 0 Å². The summed E-state index contributed by atoms with van der Waals surface area (Å²) in [7, 11) is 0.